The molecule has 4 unspecified atom stereocenters. The van der Waals surface area contributed by atoms with Crippen molar-refractivity contribution in [2.45, 2.75) is 31.3 Å². The fourth-order valence-corrected chi connectivity index (χ4v) is 3.01. The highest BCUT2D eigenvalue weighted by Crippen LogP contribution is 2.39. The van der Waals surface area contributed by atoms with Crippen LogP contribution in [0, 0.1) is 6.92 Å². The van der Waals surface area contributed by atoms with Crippen LogP contribution < -0.4 is 0 Å². The molecule has 0 radical (unpaired) electrons. The second-order valence-electron chi connectivity index (χ2n) is 5.56. The molecule has 2 aliphatic rings. The molecule has 1 aromatic carbocycles. The van der Waals surface area contributed by atoms with E-state index in [0.29, 0.717) is 5.56 Å². The number of rotatable bonds is 0. The van der Waals surface area contributed by atoms with Crippen molar-refractivity contribution >= 4 is 11.6 Å². The number of hydrogen-bond acceptors (Lipinski definition) is 7. The Hall–Kier alpha value is -2.06. The summed E-state index contributed by atoms with van der Waals surface area (Å²) in [6.45, 7) is 1.62. The smallest absolute Gasteiger partial charge is 0.196 e. The summed E-state index contributed by atoms with van der Waals surface area (Å²) >= 11 is 0. The predicted octanol–water partition coefficient (Wildman–Crippen LogP) is -1.17. The summed E-state index contributed by atoms with van der Waals surface area (Å²) in [7, 11) is 0. The summed E-state index contributed by atoms with van der Waals surface area (Å²) in [6.07, 6.45) is -7.20. The molecule has 1 aromatic rings. The number of fused-ring (bicyclic) bond motifs is 1. The summed E-state index contributed by atoms with van der Waals surface area (Å²) in [5, 5.41) is 49.3. The number of ketones is 2. The molecule has 0 aromatic heterocycles. The van der Waals surface area contributed by atoms with Gasteiger partial charge >= 0.3 is 0 Å². The average Bonchev–Trinajstić information content (AvgIpc) is 2.45. The monoisotopic (exact) mass is 306 g/mol. The number of carbonyl (C=O) groups is 2. The fraction of sp³-hybridized carbons (Fsp3) is 0.333. The number of benzene rings is 1. The van der Waals surface area contributed by atoms with Crippen molar-refractivity contribution in [1.29, 1.82) is 0 Å². The van der Waals surface area contributed by atoms with Crippen molar-refractivity contribution in [3.05, 3.63) is 40.0 Å². The van der Waals surface area contributed by atoms with Crippen LogP contribution in [0.15, 0.2) is 23.3 Å². The number of aromatic hydroxyl groups is 1. The van der Waals surface area contributed by atoms with Crippen molar-refractivity contribution in [2.75, 3.05) is 0 Å². The van der Waals surface area contributed by atoms with E-state index >= 15 is 0 Å². The minimum absolute atomic E-state index is 0.101. The molecule has 116 valence electrons. The standard InChI is InChI=1S/C15H14O7/c1-4-2-5-7(6(16)3-4)11(18)9-8(10(5)17)12(19)14(21)15(22)13(9)20/h2-3,12-16,19-22H,1H3. The third kappa shape index (κ3) is 1.77. The maximum absolute atomic E-state index is 12.5. The van der Waals surface area contributed by atoms with E-state index in [0.717, 1.165) is 0 Å². The van der Waals surface area contributed by atoms with Crippen LogP contribution in [0.4, 0.5) is 0 Å². The van der Waals surface area contributed by atoms with Crippen molar-refractivity contribution in [2.24, 2.45) is 0 Å². The zero-order valence-electron chi connectivity index (χ0n) is 11.5. The molecule has 5 N–H and O–H groups in total. The Morgan fingerprint density at radius 3 is 1.91 bits per heavy atom. The molecule has 0 aliphatic heterocycles. The molecule has 0 bridgehead atoms. The Morgan fingerprint density at radius 1 is 0.864 bits per heavy atom. The lowest BCUT2D eigenvalue weighted by Crippen LogP contribution is -2.54. The third-order valence-electron chi connectivity index (χ3n) is 4.10. The van der Waals surface area contributed by atoms with Crippen molar-refractivity contribution < 1.29 is 35.1 Å². The second-order valence-corrected chi connectivity index (χ2v) is 5.56. The van der Waals surface area contributed by atoms with Gasteiger partial charge in [-0.25, -0.2) is 0 Å². The molecule has 7 heteroatoms. The Balaban J connectivity index is 2.29. The zero-order chi connectivity index (χ0) is 16.3. The van der Waals surface area contributed by atoms with Crippen LogP contribution in [-0.2, 0) is 0 Å². The second kappa shape index (κ2) is 4.72. The molecule has 22 heavy (non-hydrogen) atoms. The molecule has 0 fully saturated rings. The molecule has 0 saturated heterocycles. The molecule has 2 aliphatic carbocycles. The van der Waals surface area contributed by atoms with Crippen molar-refractivity contribution in [3.8, 4) is 5.75 Å². The molecule has 0 amide bonds. The first-order valence-electron chi connectivity index (χ1n) is 6.65. The molecule has 4 atom stereocenters. The van der Waals surface area contributed by atoms with Gasteiger partial charge in [-0.15, -0.1) is 0 Å². The van der Waals surface area contributed by atoms with Crippen LogP contribution in [0.1, 0.15) is 26.3 Å². The summed E-state index contributed by atoms with van der Waals surface area (Å²) in [5.41, 5.74) is -0.761. The third-order valence-corrected chi connectivity index (χ3v) is 4.10. The number of aliphatic hydroxyl groups excluding tert-OH is 4. The first-order valence-corrected chi connectivity index (χ1v) is 6.65. The lowest BCUT2D eigenvalue weighted by atomic mass is 9.72. The van der Waals surface area contributed by atoms with Gasteiger partial charge in [-0.2, -0.15) is 0 Å². The van der Waals surface area contributed by atoms with Gasteiger partial charge in [-0.05, 0) is 24.6 Å². The van der Waals surface area contributed by atoms with E-state index in [1.54, 1.807) is 6.92 Å². The summed E-state index contributed by atoms with van der Waals surface area (Å²) in [4.78, 5) is 25.0. The first kappa shape index (κ1) is 14.9. The SMILES string of the molecule is Cc1cc(O)c2c(c1)C(=O)C1=C(C2=O)C(O)C(O)C(O)C1O. The average molecular weight is 306 g/mol. The Bertz CT molecular complexity index is 734. The number of carbonyl (C=O) groups excluding carboxylic acids is 2. The van der Waals surface area contributed by atoms with E-state index in [2.05, 4.69) is 0 Å². The topological polar surface area (TPSA) is 135 Å². The minimum atomic E-state index is -1.82. The van der Waals surface area contributed by atoms with E-state index < -0.39 is 52.9 Å². The lowest BCUT2D eigenvalue weighted by Gasteiger charge is -2.37. The lowest BCUT2D eigenvalue weighted by molar-refractivity contribution is -0.0950. The van der Waals surface area contributed by atoms with Gasteiger partial charge < -0.3 is 25.5 Å². The van der Waals surface area contributed by atoms with Crippen molar-refractivity contribution in [3.63, 3.8) is 0 Å². The Labute approximate surface area is 124 Å². The first-order chi connectivity index (χ1) is 10.3. The van der Waals surface area contributed by atoms with E-state index in [1.165, 1.54) is 12.1 Å². The molecular formula is C15H14O7. The number of aryl methyl sites for hydroxylation is 1. The van der Waals surface area contributed by atoms with E-state index in [4.69, 9.17) is 0 Å². The molecule has 0 spiro atoms. The molecular weight excluding hydrogens is 292 g/mol. The van der Waals surface area contributed by atoms with E-state index in [-0.39, 0.29) is 11.1 Å². The highest BCUT2D eigenvalue weighted by molar-refractivity contribution is 6.29. The number of aliphatic hydroxyl groups is 4. The summed E-state index contributed by atoms with van der Waals surface area (Å²) < 4.78 is 0. The largest absolute Gasteiger partial charge is 0.507 e. The van der Waals surface area contributed by atoms with Gasteiger partial charge in [-0.3, -0.25) is 9.59 Å². The Morgan fingerprint density at radius 2 is 1.36 bits per heavy atom. The van der Waals surface area contributed by atoms with Gasteiger partial charge in [0.25, 0.3) is 0 Å². The van der Waals surface area contributed by atoms with E-state index in [9.17, 15) is 35.1 Å². The van der Waals surface area contributed by atoms with Crippen LogP contribution >= 0.6 is 0 Å². The van der Waals surface area contributed by atoms with Crippen LogP contribution in [0.3, 0.4) is 0 Å². The van der Waals surface area contributed by atoms with Gasteiger partial charge in [-0.1, -0.05) is 0 Å². The van der Waals surface area contributed by atoms with Crippen LogP contribution in [0.2, 0.25) is 0 Å². The fourth-order valence-electron chi connectivity index (χ4n) is 3.01. The van der Waals surface area contributed by atoms with Crippen LogP contribution in [0.25, 0.3) is 0 Å². The highest BCUT2D eigenvalue weighted by Gasteiger charge is 2.49. The number of Topliss-reactive ketones (excluding diaryl/α,β-unsaturated/α-hetero) is 2. The van der Waals surface area contributed by atoms with Crippen LogP contribution in [0.5, 0.6) is 5.75 Å². The maximum atomic E-state index is 12.5. The molecule has 7 nitrogen and oxygen atoms in total. The Kier molecular flexibility index (Phi) is 3.19. The number of phenolic OH excluding ortho intramolecular Hbond substituents is 1. The highest BCUT2D eigenvalue weighted by atomic mass is 16.4. The molecule has 0 saturated carbocycles. The normalized spacial score (nSPS) is 31.1. The van der Waals surface area contributed by atoms with Gasteiger partial charge in [0.1, 0.15) is 30.2 Å². The summed E-state index contributed by atoms with van der Waals surface area (Å²) in [6, 6.07) is 2.68. The summed E-state index contributed by atoms with van der Waals surface area (Å²) in [5.74, 6) is -2.03. The molecule has 3 rings (SSSR count). The van der Waals surface area contributed by atoms with Crippen LogP contribution in [-0.4, -0.2) is 61.5 Å². The minimum Gasteiger partial charge on any atom is -0.507 e. The van der Waals surface area contributed by atoms with Gasteiger partial charge in [0.05, 0.1) is 5.56 Å². The van der Waals surface area contributed by atoms with Gasteiger partial charge in [0.2, 0.25) is 0 Å². The predicted molar refractivity (Wildman–Crippen MR) is 72.6 cm³/mol. The van der Waals surface area contributed by atoms with Crippen molar-refractivity contribution in [1.82, 2.24) is 0 Å². The van der Waals surface area contributed by atoms with Gasteiger partial charge in [0.15, 0.2) is 11.6 Å². The maximum Gasteiger partial charge on any atom is 0.196 e. The molecule has 0 heterocycles. The zero-order valence-corrected chi connectivity index (χ0v) is 11.5. The number of hydrogen-bond donors (Lipinski definition) is 5. The van der Waals surface area contributed by atoms with E-state index in [1.807, 2.05) is 0 Å². The van der Waals surface area contributed by atoms with Gasteiger partial charge in [0, 0.05) is 16.7 Å². The quantitative estimate of drug-likeness (QED) is 0.407. The number of phenols is 1.